The van der Waals surface area contributed by atoms with Crippen molar-refractivity contribution in [1.82, 2.24) is 0 Å². The summed E-state index contributed by atoms with van der Waals surface area (Å²) in [5, 5.41) is 0. The van der Waals surface area contributed by atoms with E-state index in [1.807, 2.05) is 45.3 Å². The quantitative estimate of drug-likeness (QED) is 0.373. The van der Waals surface area contributed by atoms with Gasteiger partial charge < -0.3 is 0 Å². The molecule has 0 atom stereocenters. The normalized spacial score (nSPS) is 15.0. The van der Waals surface area contributed by atoms with Crippen LogP contribution in [0.4, 0.5) is 0 Å². The lowest BCUT2D eigenvalue weighted by atomic mass is 10.0. The van der Waals surface area contributed by atoms with Crippen LogP contribution in [0, 0.1) is 0 Å². The zero-order chi connectivity index (χ0) is 12.6. The third-order valence-corrected chi connectivity index (χ3v) is 2.36. The van der Waals surface area contributed by atoms with Gasteiger partial charge in [-0.15, -0.1) is 0 Å². The van der Waals surface area contributed by atoms with Crippen molar-refractivity contribution in [3.05, 3.63) is 60.9 Å². The summed E-state index contributed by atoms with van der Waals surface area (Å²) in [4.78, 5) is 0. The highest BCUT2D eigenvalue weighted by molar-refractivity contribution is 6.08. The first-order valence-electron chi connectivity index (χ1n) is 5.43. The monoisotopic (exact) mass is 216 g/mol. The Balaban J connectivity index is 5.68. The van der Waals surface area contributed by atoms with Crippen LogP contribution < -0.4 is 0 Å². The largest absolute Gasteiger partial charge is 0.211 e. The molecule has 0 saturated heterocycles. The van der Waals surface area contributed by atoms with Crippen molar-refractivity contribution in [2.75, 3.05) is 7.05 Å². The maximum atomic E-state index is 3.87. The second-order valence-corrected chi connectivity index (χ2v) is 3.47. The van der Waals surface area contributed by atoms with Crippen molar-refractivity contribution in [1.29, 1.82) is 0 Å². The van der Waals surface area contributed by atoms with E-state index in [2.05, 4.69) is 30.7 Å². The summed E-state index contributed by atoms with van der Waals surface area (Å²) < 4.78 is 2.05. The van der Waals surface area contributed by atoms with E-state index < -0.39 is 0 Å². The van der Waals surface area contributed by atoms with E-state index in [-0.39, 0.29) is 0 Å². The predicted octanol–water partition coefficient (Wildman–Crippen LogP) is 3.87. The van der Waals surface area contributed by atoms with E-state index >= 15 is 0 Å². The summed E-state index contributed by atoms with van der Waals surface area (Å²) in [6.07, 6.45) is 11.8. The Morgan fingerprint density at radius 3 is 2.19 bits per heavy atom. The summed E-state index contributed by atoms with van der Waals surface area (Å²) in [6, 6.07) is 0. The standard InChI is InChI=1S/C15H22N/c1-7-11-14(13(5)9-3)15(10-4)16(6)12-8-2/h7-12H,1,4H2,2-3,5-6H3/q+1/b12-8-,13-9-,14-11+,16-15+. The van der Waals surface area contributed by atoms with Gasteiger partial charge in [-0.2, -0.15) is 0 Å². The van der Waals surface area contributed by atoms with Gasteiger partial charge in [-0.05, 0) is 38.5 Å². The molecule has 16 heavy (non-hydrogen) atoms. The molecule has 0 aromatic rings. The lowest BCUT2D eigenvalue weighted by molar-refractivity contribution is -0.420. The Morgan fingerprint density at radius 1 is 1.19 bits per heavy atom. The molecule has 0 radical (unpaired) electrons. The number of hydrogen-bond donors (Lipinski definition) is 0. The van der Waals surface area contributed by atoms with Gasteiger partial charge in [-0.1, -0.05) is 25.3 Å². The Bertz CT molecular complexity index is 376. The first-order valence-corrected chi connectivity index (χ1v) is 5.43. The van der Waals surface area contributed by atoms with Gasteiger partial charge in [0, 0.05) is 11.6 Å². The molecule has 0 spiro atoms. The minimum absolute atomic E-state index is 1.08. The molecule has 0 amide bonds. The molecule has 0 heterocycles. The Kier molecular flexibility index (Phi) is 6.86. The zero-order valence-electron chi connectivity index (χ0n) is 10.8. The molecule has 86 valence electrons. The van der Waals surface area contributed by atoms with Crippen LogP contribution in [0.2, 0.25) is 0 Å². The lowest BCUT2D eigenvalue weighted by Gasteiger charge is -2.05. The average Bonchev–Trinajstić information content (AvgIpc) is 2.28. The van der Waals surface area contributed by atoms with E-state index in [4.69, 9.17) is 0 Å². The van der Waals surface area contributed by atoms with E-state index in [9.17, 15) is 0 Å². The van der Waals surface area contributed by atoms with Crippen LogP contribution >= 0.6 is 0 Å². The van der Waals surface area contributed by atoms with Gasteiger partial charge in [-0.3, -0.25) is 0 Å². The third-order valence-electron chi connectivity index (χ3n) is 2.36. The van der Waals surface area contributed by atoms with Crippen LogP contribution in [-0.4, -0.2) is 17.3 Å². The highest BCUT2D eigenvalue weighted by Gasteiger charge is 2.12. The topological polar surface area (TPSA) is 3.01 Å². The molecule has 0 bridgehead atoms. The molecule has 0 fully saturated rings. The lowest BCUT2D eigenvalue weighted by Crippen LogP contribution is -2.13. The van der Waals surface area contributed by atoms with Gasteiger partial charge >= 0.3 is 0 Å². The molecule has 1 nitrogen and oxygen atoms in total. The molecule has 0 aliphatic carbocycles. The first kappa shape index (κ1) is 14.4. The van der Waals surface area contributed by atoms with Crippen LogP contribution in [-0.2, 0) is 0 Å². The van der Waals surface area contributed by atoms with Crippen LogP contribution in [0.5, 0.6) is 0 Å². The van der Waals surface area contributed by atoms with Crippen molar-refractivity contribution < 1.29 is 4.58 Å². The van der Waals surface area contributed by atoms with Crippen LogP contribution in [0.1, 0.15) is 20.8 Å². The highest BCUT2D eigenvalue weighted by Crippen LogP contribution is 2.12. The summed E-state index contributed by atoms with van der Waals surface area (Å²) in [7, 11) is 2.01. The van der Waals surface area contributed by atoms with E-state index in [0.717, 1.165) is 11.3 Å². The predicted molar refractivity (Wildman–Crippen MR) is 73.9 cm³/mol. The molecule has 0 saturated carbocycles. The fourth-order valence-electron chi connectivity index (χ4n) is 1.44. The molecule has 0 aliphatic heterocycles. The summed E-state index contributed by atoms with van der Waals surface area (Å²) >= 11 is 0. The zero-order valence-corrected chi connectivity index (χ0v) is 10.8. The smallest absolute Gasteiger partial charge is 0.201 e. The molecule has 0 N–H and O–H groups in total. The van der Waals surface area contributed by atoms with Gasteiger partial charge in [-0.25, -0.2) is 4.58 Å². The fourth-order valence-corrected chi connectivity index (χ4v) is 1.44. The van der Waals surface area contributed by atoms with Crippen molar-refractivity contribution in [2.24, 2.45) is 0 Å². The number of hydrogen-bond acceptors (Lipinski definition) is 0. The molecule has 0 aromatic carbocycles. The molecule has 0 unspecified atom stereocenters. The van der Waals surface area contributed by atoms with Crippen molar-refractivity contribution >= 4 is 5.71 Å². The minimum atomic E-state index is 1.08. The van der Waals surface area contributed by atoms with E-state index in [1.54, 1.807) is 6.08 Å². The van der Waals surface area contributed by atoms with Gasteiger partial charge in [0.25, 0.3) is 0 Å². The minimum Gasteiger partial charge on any atom is -0.201 e. The Morgan fingerprint density at radius 2 is 1.81 bits per heavy atom. The third kappa shape index (κ3) is 3.85. The Hall–Kier alpha value is -1.63. The second-order valence-electron chi connectivity index (χ2n) is 3.47. The average molecular weight is 216 g/mol. The van der Waals surface area contributed by atoms with Crippen LogP contribution in [0.25, 0.3) is 0 Å². The SMILES string of the molecule is C=C/C=C(C(\C)=C/C)/C(C=C)=[N+](C)/C=C\C. The molecular formula is C15H22N+. The van der Waals surface area contributed by atoms with E-state index in [0.29, 0.717) is 0 Å². The summed E-state index contributed by atoms with van der Waals surface area (Å²) in [5.41, 5.74) is 3.44. The number of nitrogens with zero attached hydrogens (tertiary/aromatic N) is 1. The van der Waals surface area contributed by atoms with Crippen LogP contribution in [0.3, 0.4) is 0 Å². The van der Waals surface area contributed by atoms with Gasteiger partial charge in [0.05, 0.1) is 0 Å². The molecule has 0 aliphatic rings. The molecule has 0 aromatic heterocycles. The molecular weight excluding hydrogens is 194 g/mol. The first-order chi connectivity index (χ1) is 7.62. The second kappa shape index (κ2) is 7.63. The van der Waals surface area contributed by atoms with Gasteiger partial charge in [0.1, 0.15) is 7.05 Å². The molecule has 1 heteroatoms. The number of rotatable bonds is 5. The highest BCUT2D eigenvalue weighted by atomic mass is 14.9. The van der Waals surface area contributed by atoms with Gasteiger partial charge in [0.2, 0.25) is 5.71 Å². The Labute approximate surface area is 99.5 Å². The van der Waals surface area contributed by atoms with Crippen molar-refractivity contribution in [2.45, 2.75) is 20.8 Å². The van der Waals surface area contributed by atoms with Crippen molar-refractivity contribution in [3.8, 4) is 0 Å². The summed E-state index contributed by atoms with van der Waals surface area (Å²) in [6.45, 7) is 13.7. The summed E-state index contributed by atoms with van der Waals surface area (Å²) in [5.74, 6) is 0. The van der Waals surface area contributed by atoms with Crippen LogP contribution in [0.15, 0.2) is 60.9 Å². The van der Waals surface area contributed by atoms with Gasteiger partial charge in [0.15, 0.2) is 6.20 Å². The fraction of sp³-hybridized carbons (Fsp3) is 0.267. The van der Waals surface area contributed by atoms with E-state index in [1.165, 1.54) is 5.57 Å². The maximum absolute atomic E-state index is 3.87. The molecule has 0 rings (SSSR count). The van der Waals surface area contributed by atoms with Crippen molar-refractivity contribution in [3.63, 3.8) is 0 Å². The number of allylic oxidation sites excluding steroid dienone is 7. The maximum Gasteiger partial charge on any atom is 0.211 e.